The second-order valence-corrected chi connectivity index (χ2v) is 3.44. The fourth-order valence-corrected chi connectivity index (χ4v) is 1.33. The highest BCUT2D eigenvalue weighted by Gasteiger charge is 2.12. The van der Waals surface area contributed by atoms with E-state index in [1.165, 1.54) is 13.2 Å². The molecule has 1 aromatic rings. The Labute approximate surface area is 105 Å². The molecule has 0 heterocycles. The van der Waals surface area contributed by atoms with Crippen LogP contribution in [0.25, 0.3) is 0 Å². The molecule has 1 amide bonds. The lowest BCUT2D eigenvalue weighted by molar-refractivity contribution is -0.141. The fourth-order valence-electron chi connectivity index (χ4n) is 1.33. The second kappa shape index (κ2) is 6.48. The molecule has 0 saturated carbocycles. The quantitative estimate of drug-likeness (QED) is 0.590. The zero-order valence-electron chi connectivity index (χ0n) is 10.4. The number of nitrogens with two attached hydrogens (primary N) is 1. The van der Waals surface area contributed by atoms with E-state index in [1.807, 2.05) is 0 Å². The summed E-state index contributed by atoms with van der Waals surface area (Å²) in [4.78, 5) is 22.8. The minimum absolute atomic E-state index is 0.182. The van der Waals surface area contributed by atoms with Gasteiger partial charge < -0.3 is 20.5 Å². The largest absolute Gasteiger partial charge is 0.497 e. The Kier molecular flexibility index (Phi) is 4.98. The summed E-state index contributed by atoms with van der Waals surface area (Å²) in [6, 6.07) is 4.70. The summed E-state index contributed by atoms with van der Waals surface area (Å²) >= 11 is 0. The molecule has 6 nitrogen and oxygen atoms in total. The molecule has 0 aliphatic carbocycles. The number of anilines is 1. The molecular weight excluding hydrogens is 236 g/mol. The number of ether oxygens (including phenoxy) is 2. The molecule has 98 valence electrons. The molecule has 0 saturated heterocycles. The van der Waals surface area contributed by atoms with Crippen LogP contribution in [-0.2, 0) is 9.53 Å². The van der Waals surface area contributed by atoms with Crippen molar-refractivity contribution in [2.75, 3.05) is 26.0 Å². The topological polar surface area (TPSA) is 90.6 Å². The maximum atomic E-state index is 11.7. The Morgan fingerprint density at radius 2 is 2.11 bits per heavy atom. The van der Waals surface area contributed by atoms with Crippen LogP contribution in [0.5, 0.6) is 5.75 Å². The van der Waals surface area contributed by atoms with E-state index >= 15 is 0 Å². The predicted molar refractivity (Wildman–Crippen MR) is 66.4 cm³/mol. The number of methoxy groups -OCH3 is 1. The van der Waals surface area contributed by atoms with Crippen LogP contribution in [0.4, 0.5) is 5.69 Å². The Morgan fingerprint density at radius 1 is 1.39 bits per heavy atom. The first-order valence-corrected chi connectivity index (χ1v) is 5.45. The van der Waals surface area contributed by atoms with E-state index in [9.17, 15) is 9.59 Å². The summed E-state index contributed by atoms with van der Waals surface area (Å²) < 4.78 is 9.66. The van der Waals surface area contributed by atoms with Gasteiger partial charge in [0.15, 0.2) is 0 Å². The van der Waals surface area contributed by atoms with Crippen LogP contribution < -0.4 is 15.8 Å². The van der Waals surface area contributed by atoms with Gasteiger partial charge in [-0.05, 0) is 19.1 Å². The molecule has 0 fully saturated rings. The van der Waals surface area contributed by atoms with Gasteiger partial charge in [0.05, 0.1) is 19.3 Å². The standard InChI is InChI=1S/C12H16N2O4/c1-3-18-11(15)7-14-12(16)9-5-4-8(17-2)6-10(9)13/h4-6H,3,7,13H2,1-2H3,(H,14,16). The van der Waals surface area contributed by atoms with E-state index in [1.54, 1.807) is 19.1 Å². The molecule has 0 atom stereocenters. The van der Waals surface area contributed by atoms with E-state index < -0.39 is 11.9 Å². The third-order valence-electron chi connectivity index (χ3n) is 2.20. The monoisotopic (exact) mass is 252 g/mol. The van der Waals surface area contributed by atoms with E-state index in [2.05, 4.69) is 10.1 Å². The molecule has 0 radical (unpaired) electrons. The lowest BCUT2D eigenvalue weighted by Gasteiger charge is -2.08. The van der Waals surface area contributed by atoms with Crippen LogP contribution in [0.3, 0.4) is 0 Å². The zero-order chi connectivity index (χ0) is 13.5. The van der Waals surface area contributed by atoms with Gasteiger partial charge >= 0.3 is 5.97 Å². The summed E-state index contributed by atoms with van der Waals surface area (Å²) in [7, 11) is 1.51. The summed E-state index contributed by atoms with van der Waals surface area (Å²) in [5, 5.41) is 2.43. The third-order valence-corrected chi connectivity index (χ3v) is 2.20. The van der Waals surface area contributed by atoms with Gasteiger partial charge in [0.2, 0.25) is 0 Å². The van der Waals surface area contributed by atoms with Crippen LogP contribution in [0.15, 0.2) is 18.2 Å². The minimum Gasteiger partial charge on any atom is -0.497 e. The van der Waals surface area contributed by atoms with Crippen molar-refractivity contribution in [1.29, 1.82) is 0 Å². The summed E-state index contributed by atoms with van der Waals surface area (Å²) in [5.74, 6) is -0.351. The molecule has 1 rings (SSSR count). The van der Waals surface area contributed by atoms with Crippen LogP contribution in [-0.4, -0.2) is 32.1 Å². The normalized spacial score (nSPS) is 9.67. The first-order valence-electron chi connectivity index (χ1n) is 5.45. The Balaban J connectivity index is 2.64. The van der Waals surface area contributed by atoms with Gasteiger partial charge in [0.1, 0.15) is 12.3 Å². The van der Waals surface area contributed by atoms with Gasteiger partial charge in [-0.1, -0.05) is 0 Å². The molecule has 18 heavy (non-hydrogen) atoms. The summed E-state index contributed by atoms with van der Waals surface area (Å²) in [5.41, 5.74) is 6.29. The molecule has 0 aromatic heterocycles. The lowest BCUT2D eigenvalue weighted by atomic mass is 10.1. The number of amides is 1. The van der Waals surface area contributed by atoms with Crippen molar-refractivity contribution < 1.29 is 19.1 Å². The van der Waals surface area contributed by atoms with Crippen molar-refractivity contribution in [2.24, 2.45) is 0 Å². The number of esters is 1. The SMILES string of the molecule is CCOC(=O)CNC(=O)c1ccc(OC)cc1N. The number of hydrogen-bond donors (Lipinski definition) is 2. The van der Waals surface area contributed by atoms with Gasteiger partial charge in [-0.3, -0.25) is 9.59 Å². The first-order chi connectivity index (χ1) is 8.58. The van der Waals surface area contributed by atoms with E-state index in [4.69, 9.17) is 10.5 Å². The number of hydrogen-bond acceptors (Lipinski definition) is 5. The third kappa shape index (κ3) is 3.65. The van der Waals surface area contributed by atoms with Gasteiger partial charge in [-0.15, -0.1) is 0 Å². The maximum Gasteiger partial charge on any atom is 0.325 e. The molecule has 0 bridgehead atoms. The number of nitrogen functional groups attached to an aromatic ring is 1. The highest BCUT2D eigenvalue weighted by Crippen LogP contribution is 2.19. The zero-order valence-corrected chi connectivity index (χ0v) is 10.4. The maximum absolute atomic E-state index is 11.7. The fraction of sp³-hybridized carbons (Fsp3) is 0.333. The van der Waals surface area contributed by atoms with E-state index in [0.29, 0.717) is 11.3 Å². The van der Waals surface area contributed by atoms with Crippen LogP contribution in [0, 0.1) is 0 Å². The van der Waals surface area contributed by atoms with Gasteiger partial charge in [0.25, 0.3) is 5.91 Å². The van der Waals surface area contributed by atoms with Crippen molar-refractivity contribution in [3.8, 4) is 5.75 Å². The van der Waals surface area contributed by atoms with Crippen molar-refractivity contribution >= 4 is 17.6 Å². The summed E-state index contributed by atoms with van der Waals surface area (Å²) in [6.07, 6.45) is 0. The highest BCUT2D eigenvalue weighted by atomic mass is 16.5. The summed E-state index contributed by atoms with van der Waals surface area (Å²) in [6.45, 7) is 1.79. The van der Waals surface area contributed by atoms with Crippen molar-refractivity contribution in [3.63, 3.8) is 0 Å². The van der Waals surface area contributed by atoms with Gasteiger partial charge in [0, 0.05) is 11.8 Å². The first kappa shape index (κ1) is 13.8. The highest BCUT2D eigenvalue weighted by molar-refractivity contribution is 6.00. The Hall–Kier alpha value is -2.24. The molecule has 0 spiro atoms. The molecule has 6 heteroatoms. The second-order valence-electron chi connectivity index (χ2n) is 3.44. The van der Waals surface area contributed by atoms with E-state index in [-0.39, 0.29) is 18.8 Å². The average Bonchev–Trinajstić information content (AvgIpc) is 2.36. The van der Waals surface area contributed by atoms with Crippen molar-refractivity contribution in [2.45, 2.75) is 6.92 Å². The number of rotatable bonds is 5. The van der Waals surface area contributed by atoms with Crippen molar-refractivity contribution in [3.05, 3.63) is 23.8 Å². The van der Waals surface area contributed by atoms with Crippen LogP contribution in [0.1, 0.15) is 17.3 Å². The Morgan fingerprint density at radius 3 is 2.67 bits per heavy atom. The molecule has 1 aromatic carbocycles. The number of carbonyl (C=O) groups is 2. The van der Waals surface area contributed by atoms with Crippen LogP contribution in [0.2, 0.25) is 0 Å². The molecular formula is C12H16N2O4. The van der Waals surface area contributed by atoms with Gasteiger partial charge in [-0.2, -0.15) is 0 Å². The minimum atomic E-state index is -0.488. The predicted octanol–water partition coefficient (Wildman–Crippen LogP) is 0.570. The molecule has 3 N–H and O–H groups in total. The molecule has 0 aliphatic heterocycles. The lowest BCUT2D eigenvalue weighted by Crippen LogP contribution is -2.31. The molecule has 0 aliphatic rings. The number of benzene rings is 1. The van der Waals surface area contributed by atoms with Crippen LogP contribution >= 0.6 is 0 Å². The smallest absolute Gasteiger partial charge is 0.325 e. The number of nitrogens with one attached hydrogen (secondary N) is 1. The van der Waals surface area contributed by atoms with E-state index in [0.717, 1.165) is 0 Å². The average molecular weight is 252 g/mol. The number of carbonyl (C=O) groups excluding carboxylic acids is 2. The molecule has 0 unspecified atom stereocenters. The van der Waals surface area contributed by atoms with Crippen molar-refractivity contribution in [1.82, 2.24) is 5.32 Å². The Bertz CT molecular complexity index is 446. The van der Waals surface area contributed by atoms with Gasteiger partial charge in [-0.25, -0.2) is 0 Å².